The molecule has 1 aromatic rings. The monoisotopic (exact) mass is 264 g/mol. The summed E-state index contributed by atoms with van der Waals surface area (Å²) < 4.78 is 5.23. The molecule has 1 unspecified atom stereocenters. The summed E-state index contributed by atoms with van der Waals surface area (Å²) in [4.78, 5) is 2.41. The first-order chi connectivity index (χ1) is 9.11. The predicted molar refractivity (Wildman–Crippen MR) is 82.9 cm³/mol. The van der Waals surface area contributed by atoms with Crippen molar-refractivity contribution in [1.82, 2.24) is 5.32 Å². The summed E-state index contributed by atoms with van der Waals surface area (Å²) in [5, 5.41) is 3.49. The largest absolute Gasteiger partial charge is 0.383 e. The van der Waals surface area contributed by atoms with Crippen LogP contribution in [0.15, 0.2) is 24.3 Å². The van der Waals surface area contributed by atoms with Crippen molar-refractivity contribution in [2.75, 3.05) is 31.7 Å². The molecule has 0 aliphatic heterocycles. The second kappa shape index (κ2) is 8.18. The molecule has 1 aromatic carbocycles. The van der Waals surface area contributed by atoms with Gasteiger partial charge in [0.15, 0.2) is 0 Å². The van der Waals surface area contributed by atoms with E-state index in [0.717, 1.165) is 19.7 Å². The van der Waals surface area contributed by atoms with Crippen LogP contribution in [-0.2, 0) is 4.74 Å². The van der Waals surface area contributed by atoms with Crippen LogP contribution in [-0.4, -0.2) is 32.8 Å². The maximum atomic E-state index is 5.23. The van der Waals surface area contributed by atoms with Crippen LogP contribution >= 0.6 is 0 Å². The van der Waals surface area contributed by atoms with Crippen LogP contribution in [0.2, 0.25) is 0 Å². The molecule has 0 aliphatic rings. The number of methoxy groups -OCH3 is 1. The summed E-state index contributed by atoms with van der Waals surface area (Å²) in [5.41, 5.74) is 2.66. The van der Waals surface area contributed by atoms with Crippen LogP contribution in [0, 0.1) is 0 Å². The molecule has 1 atom stereocenters. The molecule has 0 radical (unpaired) electrons. The lowest BCUT2D eigenvalue weighted by atomic mass is 10.0. The van der Waals surface area contributed by atoms with E-state index in [1.165, 1.54) is 11.3 Å². The fraction of sp³-hybridized carbons (Fsp3) is 0.625. The normalized spacial score (nSPS) is 12.7. The van der Waals surface area contributed by atoms with Gasteiger partial charge in [-0.05, 0) is 38.9 Å². The molecule has 0 amide bonds. The lowest BCUT2D eigenvalue weighted by Gasteiger charge is -2.32. The Balaban J connectivity index is 3.01. The van der Waals surface area contributed by atoms with E-state index in [1.54, 1.807) is 7.11 Å². The van der Waals surface area contributed by atoms with E-state index >= 15 is 0 Å². The van der Waals surface area contributed by atoms with Crippen LogP contribution in [0.1, 0.15) is 39.3 Å². The fourth-order valence-corrected chi connectivity index (χ4v) is 2.38. The minimum Gasteiger partial charge on any atom is -0.383 e. The van der Waals surface area contributed by atoms with Gasteiger partial charge in [0, 0.05) is 31.4 Å². The van der Waals surface area contributed by atoms with Crippen molar-refractivity contribution >= 4 is 5.69 Å². The molecule has 0 spiro atoms. The molecule has 1 rings (SSSR count). The number of rotatable bonds is 8. The predicted octanol–water partition coefficient (Wildman–Crippen LogP) is 3.22. The zero-order valence-electron chi connectivity index (χ0n) is 12.9. The van der Waals surface area contributed by atoms with Gasteiger partial charge in [-0.2, -0.15) is 0 Å². The van der Waals surface area contributed by atoms with Crippen LogP contribution in [0.4, 0.5) is 5.69 Å². The number of para-hydroxylation sites is 1. The number of anilines is 1. The first kappa shape index (κ1) is 16.0. The highest BCUT2D eigenvalue weighted by Crippen LogP contribution is 2.27. The van der Waals surface area contributed by atoms with Crippen LogP contribution in [0.25, 0.3) is 0 Å². The maximum Gasteiger partial charge on any atom is 0.0637 e. The number of ether oxygens (including phenoxy) is 1. The second-order valence-corrected chi connectivity index (χ2v) is 5.12. The second-order valence-electron chi connectivity index (χ2n) is 5.12. The topological polar surface area (TPSA) is 24.5 Å². The zero-order valence-corrected chi connectivity index (χ0v) is 12.9. The highest BCUT2D eigenvalue weighted by Gasteiger charge is 2.16. The van der Waals surface area contributed by atoms with E-state index in [-0.39, 0.29) is 0 Å². The van der Waals surface area contributed by atoms with Crippen molar-refractivity contribution in [1.29, 1.82) is 0 Å². The van der Waals surface area contributed by atoms with Crippen molar-refractivity contribution in [2.24, 2.45) is 0 Å². The van der Waals surface area contributed by atoms with Gasteiger partial charge < -0.3 is 15.0 Å². The fourth-order valence-electron chi connectivity index (χ4n) is 2.38. The third kappa shape index (κ3) is 4.51. The van der Waals surface area contributed by atoms with Crippen LogP contribution in [0.3, 0.4) is 0 Å². The van der Waals surface area contributed by atoms with Crippen molar-refractivity contribution in [3.8, 4) is 0 Å². The maximum absolute atomic E-state index is 5.23. The van der Waals surface area contributed by atoms with Gasteiger partial charge in [0.2, 0.25) is 0 Å². The van der Waals surface area contributed by atoms with Gasteiger partial charge in [-0.3, -0.25) is 0 Å². The zero-order chi connectivity index (χ0) is 14.3. The van der Waals surface area contributed by atoms with Crippen molar-refractivity contribution in [3.63, 3.8) is 0 Å². The third-order valence-corrected chi connectivity index (χ3v) is 3.38. The van der Waals surface area contributed by atoms with Gasteiger partial charge in [0.25, 0.3) is 0 Å². The van der Waals surface area contributed by atoms with E-state index < -0.39 is 0 Å². The molecule has 0 fully saturated rings. The van der Waals surface area contributed by atoms with Crippen molar-refractivity contribution in [3.05, 3.63) is 29.8 Å². The summed E-state index contributed by atoms with van der Waals surface area (Å²) in [7, 11) is 1.76. The lowest BCUT2D eigenvalue weighted by Crippen LogP contribution is -2.35. The Bertz CT molecular complexity index is 366. The van der Waals surface area contributed by atoms with Crippen LogP contribution in [0.5, 0.6) is 0 Å². The Morgan fingerprint density at radius 3 is 2.47 bits per heavy atom. The minimum atomic E-state index is 0.366. The molecule has 3 heteroatoms. The van der Waals surface area contributed by atoms with Gasteiger partial charge in [0.05, 0.1) is 6.61 Å². The molecule has 0 aliphatic carbocycles. The average molecular weight is 264 g/mol. The molecule has 0 bridgehead atoms. The Hall–Kier alpha value is -1.06. The van der Waals surface area contributed by atoms with Crippen molar-refractivity contribution in [2.45, 2.75) is 39.8 Å². The average Bonchev–Trinajstić information content (AvgIpc) is 2.39. The SMILES string of the molecule is CCNC(C)c1ccccc1N(CCOC)C(C)C. The van der Waals surface area contributed by atoms with Gasteiger partial charge in [0.1, 0.15) is 0 Å². The molecule has 19 heavy (non-hydrogen) atoms. The van der Waals surface area contributed by atoms with Gasteiger partial charge in [-0.15, -0.1) is 0 Å². The summed E-state index contributed by atoms with van der Waals surface area (Å²) in [5.74, 6) is 0. The quantitative estimate of drug-likeness (QED) is 0.780. The Kier molecular flexibility index (Phi) is 6.89. The van der Waals surface area contributed by atoms with Crippen molar-refractivity contribution < 1.29 is 4.74 Å². The summed E-state index contributed by atoms with van der Waals surface area (Å²) >= 11 is 0. The highest BCUT2D eigenvalue weighted by molar-refractivity contribution is 5.55. The molecular formula is C16H28N2O. The Morgan fingerprint density at radius 2 is 1.89 bits per heavy atom. The molecule has 0 saturated heterocycles. The molecule has 3 nitrogen and oxygen atoms in total. The smallest absolute Gasteiger partial charge is 0.0637 e. The lowest BCUT2D eigenvalue weighted by molar-refractivity contribution is 0.203. The number of hydrogen-bond acceptors (Lipinski definition) is 3. The third-order valence-electron chi connectivity index (χ3n) is 3.38. The number of nitrogens with one attached hydrogen (secondary N) is 1. The molecule has 108 valence electrons. The van der Waals surface area contributed by atoms with E-state index in [0.29, 0.717) is 12.1 Å². The molecule has 0 aromatic heterocycles. The van der Waals surface area contributed by atoms with E-state index in [9.17, 15) is 0 Å². The van der Waals surface area contributed by atoms with Gasteiger partial charge in [-0.1, -0.05) is 25.1 Å². The summed E-state index contributed by atoms with van der Waals surface area (Å²) in [6.45, 7) is 11.5. The molecule has 0 heterocycles. The van der Waals surface area contributed by atoms with Gasteiger partial charge >= 0.3 is 0 Å². The minimum absolute atomic E-state index is 0.366. The number of hydrogen-bond donors (Lipinski definition) is 1. The summed E-state index contributed by atoms with van der Waals surface area (Å²) in [6.07, 6.45) is 0. The number of benzene rings is 1. The first-order valence-electron chi connectivity index (χ1n) is 7.19. The molecule has 1 N–H and O–H groups in total. The van der Waals surface area contributed by atoms with Gasteiger partial charge in [-0.25, -0.2) is 0 Å². The van der Waals surface area contributed by atoms with E-state index in [2.05, 4.69) is 62.2 Å². The number of nitrogens with zero attached hydrogens (tertiary/aromatic N) is 1. The van der Waals surface area contributed by atoms with E-state index in [4.69, 9.17) is 4.74 Å². The Labute approximate surface area is 118 Å². The first-order valence-corrected chi connectivity index (χ1v) is 7.19. The highest BCUT2D eigenvalue weighted by atomic mass is 16.5. The Morgan fingerprint density at radius 1 is 1.21 bits per heavy atom. The molecule has 0 saturated carbocycles. The molecular weight excluding hydrogens is 236 g/mol. The summed E-state index contributed by atoms with van der Waals surface area (Å²) in [6, 6.07) is 9.47. The van der Waals surface area contributed by atoms with Crippen LogP contribution < -0.4 is 10.2 Å². The van der Waals surface area contributed by atoms with E-state index in [1.807, 2.05) is 0 Å². The standard InChI is InChI=1S/C16H28N2O/c1-6-17-14(4)15-9-7-8-10-16(15)18(13(2)3)11-12-19-5/h7-10,13-14,17H,6,11-12H2,1-5H3.